The van der Waals surface area contributed by atoms with Crippen LogP contribution in [0.3, 0.4) is 0 Å². The standard InChI is InChI=1S/C16H23FN2/c1-2-18-15(16-14(17)11-8-12-19-16)13-9-6-4-3-5-7-10-13/h8-9,11-12,15,18H,2-7,10H2,1H3/b13-9+. The molecule has 1 aliphatic rings. The molecular formula is C16H23FN2. The summed E-state index contributed by atoms with van der Waals surface area (Å²) in [6.07, 6.45) is 11.1. The number of nitrogens with one attached hydrogen (secondary N) is 1. The third-order valence-electron chi connectivity index (χ3n) is 3.67. The fourth-order valence-corrected chi connectivity index (χ4v) is 2.70. The number of aromatic nitrogens is 1. The van der Waals surface area contributed by atoms with Gasteiger partial charge in [0, 0.05) is 6.20 Å². The van der Waals surface area contributed by atoms with Crippen LogP contribution >= 0.6 is 0 Å². The highest BCUT2D eigenvalue weighted by Gasteiger charge is 2.20. The van der Waals surface area contributed by atoms with Crippen molar-refractivity contribution in [2.24, 2.45) is 0 Å². The Balaban J connectivity index is 2.25. The van der Waals surface area contributed by atoms with Gasteiger partial charge >= 0.3 is 0 Å². The number of halogens is 1. The molecule has 0 amide bonds. The van der Waals surface area contributed by atoms with Gasteiger partial charge in [-0.1, -0.05) is 31.4 Å². The van der Waals surface area contributed by atoms with Gasteiger partial charge in [0.2, 0.25) is 0 Å². The predicted octanol–water partition coefficient (Wildman–Crippen LogP) is 4.15. The van der Waals surface area contributed by atoms with E-state index in [2.05, 4.69) is 23.3 Å². The SMILES string of the molecule is CCNC(/C1=C/CCCCCC1)c1ncccc1F. The van der Waals surface area contributed by atoms with Crippen molar-refractivity contribution in [3.05, 3.63) is 41.5 Å². The first-order chi connectivity index (χ1) is 9.33. The maximum Gasteiger partial charge on any atom is 0.146 e. The van der Waals surface area contributed by atoms with Gasteiger partial charge < -0.3 is 5.32 Å². The first kappa shape index (κ1) is 14.2. The van der Waals surface area contributed by atoms with Crippen LogP contribution in [0.4, 0.5) is 4.39 Å². The lowest BCUT2D eigenvalue weighted by Gasteiger charge is -2.23. The van der Waals surface area contributed by atoms with Crippen LogP contribution in [0.2, 0.25) is 0 Å². The second-order valence-electron chi connectivity index (χ2n) is 5.09. The maximum atomic E-state index is 14.0. The Kier molecular flexibility index (Phi) is 5.52. The summed E-state index contributed by atoms with van der Waals surface area (Å²) >= 11 is 0. The normalized spacial score (nSPS) is 21.1. The van der Waals surface area contributed by atoms with Crippen LogP contribution in [0, 0.1) is 5.82 Å². The number of allylic oxidation sites excluding steroid dienone is 1. The molecule has 0 saturated carbocycles. The Morgan fingerprint density at radius 3 is 2.95 bits per heavy atom. The third kappa shape index (κ3) is 3.87. The van der Waals surface area contributed by atoms with Crippen LogP contribution in [-0.4, -0.2) is 11.5 Å². The van der Waals surface area contributed by atoms with E-state index in [-0.39, 0.29) is 11.9 Å². The highest BCUT2D eigenvalue weighted by atomic mass is 19.1. The van der Waals surface area contributed by atoms with Gasteiger partial charge in [-0.15, -0.1) is 0 Å². The largest absolute Gasteiger partial charge is 0.305 e. The van der Waals surface area contributed by atoms with E-state index in [9.17, 15) is 4.39 Å². The Labute approximate surface area is 115 Å². The van der Waals surface area contributed by atoms with Crippen molar-refractivity contribution >= 4 is 0 Å². The molecule has 1 unspecified atom stereocenters. The lowest BCUT2D eigenvalue weighted by atomic mass is 9.93. The summed E-state index contributed by atoms with van der Waals surface area (Å²) in [4.78, 5) is 4.25. The fourth-order valence-electron chi connectivity index (χ4n) is 2.70. The molecule has 1 aliphatic carbocycles. The average Bonchev–Trinajstić information content (AvgIpc) is 2.37. The van der Waals surface area contributed by atoms with E-state index in [1.54, 1.807) is 12.3 Å². The second kappa shape index (κ2) is 7.39. The summed E-state index contributed by atoms with van der Waals surface area (Å²) in [6.45, 7) is 2.87. The molecule has 2 rings (SSSR count). The van der Waals surface area contributed by atoms with E-state index in [1.165, 1.54) is 37.3 Å². The molecule has 19 heavy (non-hydrogen) atoms. The lowest BCUT2D eigenvalue weighted by molar-refractivity contribution is 0.512. The van der Waals surface area contributed by atoms with Crippen LogP contribution in [0.1, 0.15) is 57.2 Å². The monoisotopic (exact) mass is 262 g/mol. The highest BCUT2D eigenvalue weighted by Crippen LogP contribution is 2.28. The van der Waals surface area contributed by atoms with Crippen molar-refractivity contribution in [1.82, 2.24) is 10.3 Å². The van der Waals surface area contributed by atoms with E-state index in [0.717, 1.165) is 19.4 Å². The van der Waals surface area contributed by atoms with Gasteiger partial charge in [0.25, 0.3) is 0 Å². The lowest BCUT2D eigenvalue weighted by Crippen LogP contribution is -2.25. The van der Waals surface area contributed by atoms with Crippen LogP contribution in [-0.2, 0) is 0 Å². The van der Waals surface area contributed by atoms with E-state index < -0.39 is 0 Å². The van der Waals surface area contributed by atoms with E-state index in [4.69, 9.17) is 0 Å². The van der Waals surface area contributed by atoms with Crippen LogP contribution in [0.5, 0.6) is 0 Å². The summed E-state index contributed by atoms with van der Waals surface area (Å²) in [5.41, 5.74) is 1.84. The number of hydrogen-bond acceptors (Lipinski definition) is 2. The summed E-state index contributed by atoms with van der Waals surface area (Å²) in [7, 11) is 0. The quantitative estimate of drug-likeness (QED) is 0.824. The van der Waals surface area contributed by atoms with Crippen molar-refractivity contribution in [2.45, 2.75) is 51.5 Å². The average molecular weight is 262 g/mol. The van der Waals surface area contributed by atoms with Crippen molar-refractivity contribution in [3.8, 4) is 0 Å². The predicted molar refractivity (Wildman–Crippen MR) is 76.4 cm³/mol. The summed E-state index contributed by atoms with van der Waals surface area (Å²) < 4.78 is 14.0. The molecule has 0 fully saturated rings. The molecule has 1 aromatic heterocycles. The van der Waals surface area contributed by atoms with Crippen molar-refractivity contribution < 1.29 is 4.39 Å². The molecule has 0 bridgehead atoms. The summed E-state index contributed by atoms with van der Waals surface area (Å²) in [5.74, 6) is -0.212. The second-order valence-corrected chi connectivity index (χ2v) is 5.09. The molecule has 0 aromatic carbocycles. The first-order valence-electron chi connectivity index (χ1n) is 7.35. The number of rotatable bonds is 4. The van der Waals surface area contributed by atoms with Crippen LogP contribution < -0.4 is 5.32 Å². The fraction of sp³-hybridized carbons (Fsp3) is 0.562. The minimum atomic E-state index is -0.212. The molecule has 104 valence electrons. The molecule has 1 N–H and O–H groups in total. The van der Waals surface area contributed by atoms with Gasteiger partial charge in [0.1, 0.15) is 5.82 Å². The van der Waals surface area contributed by atoms with E-state index >= 15 is 0 Å². The Bertz CT molecular complexity index is 429. The summed E-state index contributed by atoms with van der Waals surface area (Å²) in [5, 5.41) is 3.39. The Morgan fingerprint density at radius 1 is 1.32 bits per heavy atom. The molecule has 1 atom stereocenters. The molecule has 0 saturated heterocycles. The number of pyridine rings is 1. The van der Waals surface area contributed by atoms with Gasteiger partial charge in [-0.25, -0.2) is 4.39 Å². The van der Waals surface area contributed by atoms with E-state index in [1.807, 2.05) is 0 Å². The first-order valence-corrected chi connectivity index (χ1v) is 7.35. The maximum absolute atomic E-state index is 14.0. The van der Waals surface area contributed by atoms with Gasteiger partial charge in [0.05, 0.1) is 11.7 Å². The number of nitrogens with zero attached hydrogens (tertiary/aromatic N) is 1. The van der Waals surface area contributed by atoms with Crippen molar-refractivity contribution in [3.63, 3.8) is 0 Å². The molecule has 3 heteroatoms. The van der Waals surface area contributed by atoms with Gasteiger partial charge in [-0.3, -0.25) is 4.98 Å². The molecule has 0 aliphatic heterocycles. The molecular weight excluding hydrogens is 239 g/mol. The zero-order valence-corrected chi connectivity index (χ0v) is 11.7. The Morgan fingerprint density at radius 2 is 2.16 bits per heavy atom. The highest BCUT2D eigenvalue weighted by molar-refractivity contribution is 5.24. The minimum absolute atomic E-state index is 0.0655. The molecule has 1 aromatic rings. The smallest absolute Gasteiger partial charge is 0.146 e. The third-order valence-corrected chi connectivity index (χ3v) is 3.67. The molecule has 0 spiro atoms. The van der Waals surface area contributed by atoms with E-state index in [0.29, 0.717) is 5.69 Å². The van der Waals surface area contributed by atoms with Gasteiger partial charge in [-0.05, 0) is 44.4 Å². The molecule has 2 nitrogen and oxygen atoms in total. The number of hydrogen-bond donors (Lipinski definition) is 1. The molecule has 1 heterocycles. The molecule has 0 radical (unpaired) electrons. The van der Waals surface area contributed by atoms with Crippen LogP contribution in [0.25, 0.3) is 0 Å². The van der Waals surface area contributed by atoms with Crippen molar-refractivity contribution in [1.29, 1.82) is 0 Å². The topological polar surface area (TPSA) is 24.9 Å². The van der Waals surface area contributed by atoms with Gasteiger partial charge in [-0.2, -0.15) is 0 Å². The Hall–Kier alpha value is -1.22. The zero-order chi connectivity index (χ0) is 13.5. The number of likely N-dealkylation sites (N-methyl/N-ethyl adjacent to an activating group) is 1. The zero-order valence-electron chi connectivity index (χ0n) is 11.7. The van der Waals surface area contributed by atoms with Crippen LogP contribution in [0.15, 0.2) is 30.0 Å². The summed E-state index contributed by atoms with van der Waals surface area (Å²) in [6, 6.07) is 3.08. The van der Waals surface area contributed by atoms with Gasteiger partial charge in [0.15, 0.2) is 0 Å². The van der Waals surface area contributed by atoms with Crippen molar-refractivity contribution in [2.75, 3.05) is 6.54 Å². The minimum Gasteiger partial charge on any atom is -0.305 e.